The summed E-state index contributed by atoms with van der Waals surface area (Å²) in [6.45, 7) is 5.34. The zero-order valence-corrected chi connectivity index (χ0v) is 13.6. The van der Waals surface area contributed by atoms with Crippen LogP contribution >= 0.6 is 11.3 Å². The fraction of sp³-hybridized carbons (Fsp3) is 0.562. The van der Waals surface area contributed by atoms with Gasteiger partial charge in [0.25, 0.3) is 5.91 Å². The van der Waals surface area contributed by atoms with Gasteiger partial charge in [-0.05, 0) is 38.6 Å². The Balaban J connectivity index is 2.15. The van der Waals surface area contributed by atoms with Crippen molar-refractivity contribution in [3.05, 3.63) is 21.9 Å². The Labute approximate surface area is 130 Å². The molecule has 114 valence electrons. The van der Waals surface area contributed by atoms with E-state index in [4.69, 9.17) is 5.73 Å². The zero-order chi connectivity index (χ0) is 15.2. The fourth-order valence-corrected chi connectivity index (χ4v) is 3.50. The summed E-state index contributed by atoms with van der Waals surface area (Å²) in [5, 5.41) is 0. The molecule has 0 spiro atoms. The van der Waals surface area contributed by atoms with E-state index >= 15 is 0 Å². The third-order valence-corrected chi connectivity index (χ3v) is 4.75. The third-order valence-electron chi connectivity index (χ3n) is 3.76. The highest BCUT2D eigenvalue weighted by molar-refractivity contribution is 7.14. The standard InChI is InChI=1S/C16H23N3OS/c1-3-13-12-18(2)10-5-11-19(13)16(20)15-8-7-14(21-15)6-4-9-17/h7-8,13H,3,5,9-12,17H2,1-2H3. The highest BCUT2D eigenvalue weighted by Crippen LogP contribution is 2.21. The second-order valence-corrected chi connectivity index (χ2v) is 6.43. The van der Waals surface area contributed by atoms with E-state index in [0.717, 1.165) is 42.2 Å². The number of thiophene rings is 1. The maximum absolute atomic E-state index is 12.8. The lowest BCUT2D eigenvalue weighted by molar-refractivity contribution is 0.0681. The first-order valence-electron chi connectivity index (χ1n) is 7.44. The summed E-state index contributed by atoms with van der Waals surface area (Å²) < 4.78 is 0. The number of carbonyl (C=O) groups is 1. The van der Waals surface area contributed by atoms with Crippen LogP contribution in [0.15, 0.2) is 12.1 Å². The van der Waals surface area contributed by atoms with Gasteiger partial charge in [-0.2, -0.15) is 0 Å². The number of amides is 1. The summed E-state index contributed by atoms with van der Waals surface area (Å²) in [5.41, 5.74) is 5.38. The minimum absolute atomic E-state index is 0.142. The Bertz CT molecular complexity index is 543. The smallest absolute Gasteiger partial charge is 0.264 e. The average molecular weight is 305 g/mol. The van der Waals surface area contributed by atoms with E-state index in [0.29, 0.717) is 12.6 Å². The Hall–Kier alpha value is -1.35. The molecule has 4 nitrogen and oxygen atoms in total. The predicted octanol–water partition coefficient (Wildman–Crippen LogP) is 1.61. The van der Waals surface area contributed by atoms with Gasteiger partial charge in [-0.1, -0.05) is 18.8 Å². The van der Waals surface area contributed by atoms with Crippen molar-refractivity contribution in [1.29, 1.82) is 0 Å². The molecule has 1 aliphatic heterocycles. The van der Waals surface area contributed by atoms with Gasteiger partial charge in [0.1, 0.15) is 0 Å². The molecule has 1 atom stereocenters. The van der Waals surface area contributed by atoms with Crippen molar-refractivity contribution < 1.29 is 4.79 Å². The Morgan fingerprint density at radius 2 is 2.29 bits per heavy atom. The van der Waals surface area contributed by atoms with Gasteiger partial charge in [-0.3, -0.25) is 4.79 Å². The second kappa shape index (κ2) is 7.60. The molecule has 0 aliphatic carbocycles. The summed E-state index contributed by atoms with van der Waals surface area (Å²) >= 11 is 1.46. The minimum Gasteiger partial charge on any atom is -0.334 e. The summed E-state index contributed by atoms with van der Waals surface area (Å²) in [4.78, 5) is 18.8. The van der Waals surface area contributed by atoms with Crippen LogP contribution in [0.4, 0.5) is 0 Å². The van der Waals surface area contributed by atoms with Gasteiger partial charge >= 0.3 is 0 Å². The Morgan fingerprint density at radius 3 is 3.00 bits per heavy atom. The largest absolute Gasteiger partial charge is 0.334 e. The number of rotatable bonds is 2. The SMILES string of the molecule is CCC1CN(C)CCCN1C(=O)c1ccc(C#CCN)s1. The van der Waals surface area contributed by atoms with E-state index < -0.39 is 0 Å². The summed E-state index contributed by atoms with van der Waals surface area (Å²) in [6, 6.07) is 4.09. The predicted molar refractivity (Wildman–Crippen MR) is 87.5 cm³/mol. The topological polar surface area (TPSA) is 49.6 Å². The molecule has 1 amide bonds. The molecule has 0 bridgehead atoms. The van der Waals surface area contributed by atoms with Crippen LogP contribution in [0, 0.1) is 11.8 Å². The molecule has 2 N–H and O–H groups in total. The average Bonchev–Trinajstić information content (AvgIpc) is 2.87. The molecule has 1 aliphatic rings. The van der Waals surface area contributed by atoms with Crippen LogP contribution in [-0.4, -0.2) is 55.0 Å². The first kappa shape index (κ1) is 16.0. The van der Waals surface area contributed by atoms with Crippen LogP contribution < -0.4 is 5.73 Å². The van der Waals surface area contributed by atoms with Crippen LogP contribution in [0.2, 0.25) is 0 Å². The van der Waals surface area contributed by atoms with Gasteiger partial charge in [0.05, 0.1) is 16.3 Å². The molecule has 0 aromatic carbocycles. The molecule has 1 aromatic rings. The van der Waals surface area contributed by atoms with E-state index in [9.17, 15) is 4.79 Å². The monoisotopic (exact) mass is 305 g/mol. The number of likely N-dealkylation sites (N-methyl/N-ethyl adjacent to an activating group) is 1. The molecule has 2 heterocycles. The van der Waals surface area contributed by atoms with Gasteiger partial charge in [0, 0.05) is 19.1 Å². The number of hydrogen-bond acceptors (Lipinski definition) is 4. The third kappa shape index (κ3) is 4.07. The van der Waals surface area contributed by atoms with Gasteiger partial charge in [-0.25, -0.2) is 0 Å². The number of nitrogens with zero attached hydrogens (tertiary/aromatic N) is 2. The summed E-state index contributed by atoms with van der Waals surface area (Å²) in [6.07, 6.45) is 2.02. The quantitative estimate of drug-likeness (QED) is 0.845. The summed E-state index contributed by atoms with van der Waals surface area (Å²) in [5.74, 6) is 5.96. The molecule has 0 radical (unpaired) electrons. The van der Waals surface area contributed by atoms with Gasteiger partial charge < -0.3 is 15.5 Å². The van der Waals surface area contributed by atoms with E-state index in [-0.39, 0.29) is 5.91 Å². The van der Waals surface area contributed by atoms with Crippen molar-refractivity contribution in [2.24, 2.45) is 5.73 Å². The maximum Gasteiger partial charge on any atom is 0.264 e. The first-order valence-corrected chi connectivity index (χ1v) is 8.25. The van der Waals surface area contributed by atoms with Gasteiger partial charge in [0.2, 0.25) is 0 Å². The summed E-state index contributed by atoms with van der Waals surface area (Å²) in [7, 11) is 2.13. The molecule has 1 aromatic heterocycles. The van der Waals surface area contributed by atoms with Crippen LogP contribution in [0.1, 0.15) is 34.3 Å². The molecular weight excluding hydrogens is 282 g/mol. The van der Waals surface area contributed by atoms with Crippen LogP contribution in [0.5, 0.6) is 0 Å². The van der Waals surface area contributed by atoms with Crippen molar-refractivity contribution in [3.8, 4) is 11.8 Å². The van der Waals surface area contributed by atoms with Crippen molar-refractivity contribution in [1.82, 2.24) is 9.80 Å². The molecular formula is C16H23N3OS. The number of carbonyl (C=O) groups excluding carboxylic acids is 1. The van der Waals surface area contributed by atoms with E-state index in [1.54, 1.807) is 0 Å². The first-order chi connectivity index (χ1) is 10.2. The lowest BCUT2D eigenvalue weighted by Crippen LogP contribution is -2.43. The lowest BCUT2D eigenvalue weighted by Gasteiger charge is -2.29. The van der Waals surface area contributed by atoms with Crippen molar-refractivity contribution >= 4 is 17.2 Å². The van der Waals surface area contributed by atoms with E-state index in [1.165, 1.54) is 11.3 Å². The molecule has 0 saturated carbocycles. The molecule has 21 heavy (non-hydrogen) atoms. The van der Waals surface area contributed by atoms with Crippen molar-refractivity contribution in [2.45, 2.75) is 25.8 Å². The lowest BCUT2D eigenvalue weighted by atomic mass is 10.1. The Morgan fingerprint density at radius 1 is 1.48 bits per heavy atom. The normalized spacial score (nSPS) is 19.8. The highest BCUT2D eigenvalue weighted by Gasteiger charge is 2.27. The number of nitrogens with two attached hydrogens (primary N) is 1. The molecule has 1 unspecified atom stereocenters. The van der Waals surface area contributed by atoms with Crippen LogP contribution in [0.25, 0.3) is 0 Å². The van der Waals surface area contributed by atoms with E-state index in [2.05, 4.69) is 30.7 Å². The van der Waals surface area contributed by atoms with Gasteiger partial charge in [-0.15, -0.1) is 11.3 Å². The molecule has 5 heteroatoms. The number of hydrogen-bond donors (Lipinski definition) is 1. The maximum atomic E-state index is 12.8. The van der Waals surface area contributed by atoms with Gasteiger partial charge in [0.15, 0.2) is 0 Å². The van der Waals surface area contributed by atoms with Crippen molar-refractivity contribution in [2.75, 3.05) is 33.2 Å². The highest BCUT2D eigenvalue weighted by atomic mass is 32.1. The van der Waals surface area contributed by atoms with Crippen LogP contribution in [-0.2, 0) is 0 Å². The van der Waals surface area contributed by atoms with Crippen LogP contribution in [0.3, 0.4) is 0 Å². The second-order valence-electron chi connectivity index (χ2n) is 5.35. The van der Waals surface area contributed by atoms with E-state index in [1.807, 2.05) is 17.0 Å². The Kier molecular flexibility index (Phi) is 5.80. The minimum atomic E-state index is 0.142. The van der Waals surface area contributed by atoms with Crippen molar-refractivity contribution in [3.63, 3.8) is 0 Å². The molecule has 1 fully saturated rings. The molecule has 2 rings (SSSR count). The molecule has 1 saturated heterocycles. The fourth-order valence-electron chi connectivity index (χ4n) is 2.66. The zero-order valence-electron chi connectivity index (χ0n) is 12.8.